The molecule has 1 N–H and O–H groups in total. The number of thioether (sulfide) groups is 1. The third-order valence-electron chi connectivity index (χ3n) is 5.24. The third kappa shape index (κ3) is 3.80. The fourth-order valence-corrected chi connectivity index (χ4v) is 5.14. The molecule has 0 saturated carbocycles. The lowest BCUT2D eigenvalue weighted by molar-refractivity contribution is -0.185. The van der Waals surface area contributed by atoms with E-state index in [0.717, 1.165) is 43.8 Å². The minimum absolute atomic E-state index is 0.0315. The first-order chi connectivity index (χ1) is 10.7. The summed E-state index contributed by atoms with van der Waals surface area (Å²) in [4.78, 5) is 13.7. The van der Waals surface area contributed by atoms with Crippen molar-refractivity contribution in [3.63, 3.8) is 0 Å². The summed E-state index contributed by atoms with van der Waals surface area (Å²) in [5, 5.41) is 11.0. The first-order valence-electron chi connectivity index (χ1n) is 8.64. The Labute approximate surface area is 143 Å². The van der Waals surface area contributed by atoms with Gasteiger partial charge in [0.1, 0.15) is 11.2 Å². The van der Waals surface area contributed by atoms with Crippen LogP contribution in [0.5, 0.6) is 0 Å². The maximum Gasteiger partial charge on any atom is 0.410 e. The van der Waals surface area contributed by atoms with Gasteiger partial charge in [0.15, 0.2) is 0 Å². The van der Waals surface area contributed by atoms with Crippen LogP contribution in [-0.4, -0.2) is 64.1 Å². The normalized spacial score (nSPS) is 29.9. The summed E-state index contributed by atoms with van der Waals surface area (Å²) >= 11 is 1.99. The van der Waals surface area contributed by atoms with Crippen LogP contribution in [0, 0.1) is 5.92 Å². The second kappa shape index (κ2) is 6.12. The van der Waals surface area contributed by atoms with Crippen molar-refractivity contribution in [2.75, 3.05) is 31.2 Å². The predicted octanol–water partition coefficient (Wildman–Crippen LogP) is 2.66. The number of likely N-dealkylation sites (tertiary alicyclic amines) is 1. The highest BCUT2D eigenvalue weighted by Crippen LogP contribution is 2.45. The molecule has 6 heteroatoms. The molecule has 3 fully saturated rings. The molecule has 3 aliphatic rings. The van der Waals surface area contributed by atoms with Gasteiger partial charge in [0, 0.05) is 6.61 Å². The van der Waals surface area contributed by atoms with Crippen LogP contribution in [0.4, 0.5) is 4.79 Å². The molecule has 23 heavy (non-hydrogen) atoms. The number of aliphatic hydroxyl groups is 1. The van der Waals surface area contributed by atoms with Crippen LogP contribution < -0.4 is 0 Å². The van der Waals surface area contributed by atoms with Crippen molar-refractivity contribution in [3.05, 3.63) is 0 Å². The molecule has 1 unspecified atom stereocenters. The molecule has 3 aliphatic heterocycles. The molecule has 3 saturated heterocycles. The first kappa shape index (κ1) is 17.4. The Morgan fingerprint density at radius 2 is 1.96 bits per heavy atom. The molecule has 0 aliphatic carbocycles. The summed E-state index contributed by atoms with van der Waals surface area (Å²) in [6, 6.07) is 0. The molecule has 132 valence electrons. The van der Waals surface area contributed by atoms with E-state index in [1.54, 1.807) is 4.90 Å². The molecule has 0 bridgehead atoms. The summed E-state index contributed by atoms with van der Waals surface area (Å²) in [6.45, 7) is 7.08. The molecule has 0 aromatic heterocycles. The number of hydrogen-bond donors (Lipinski definition) is 1. The monoisotopic (exact) mass is 343 g/mol. The summed E-state index contributed by atoms with van der Waals surface area (Å²) in [5.41, 5.74) is -1.29. The standard InChI is InChI=1S/C17H29NO4S/c1-15(2,3)22-14(19)18-11-17(20,12-18)13-4-7-21-16(10-13)5-8-23-9-6-16/h13,20H,4-12H2,1-3H3. The molecule has 1 atom stereocenters. The molecular formula is C17H29NO4S. The first-order valence-corrected chi connectivity index (χ1v) is 9.79. The van der Waals surface area contributed by atoms with Crippen LogP contribution in [0.25, 0.3) is 0 Å². The van der Waals surface area contributed by atoms with E-state index in [1.165, 1.54) is 0 Å². The fraction of sp³-hybridized carbons (Fsp3) is 0.941. The Hall–Kier alpha value is -0.460. The minimum Gasteiger partial charge on any atom is -0.444 e. The highest BCUT2D eigenvalue weighted by Gasteiger charge is 2.53. The molecule has 0 aromatic carbocycles. The summed E-state index contributed by atoms with van der Waals surface area (Å²) in [6.07, 6.45) is 3.65. The predicted molar refractivity (Wildman–Crippen MR) is 90.7 cm³/mol. The van der Waals surface area contributed by atoms with Gasteiger partial charge >= 0.3 is 6.09 Å². The molecular weight excluding hydrogens is 314 g/mol. The van der Waals surface area contributed by atoms with Crippen molar-refractivity contribution in [1.29, 1.82) is 0 Å². The van der Waals surface area contributed by atoms with Crippen molar-refractivity contribution in [3.8, 4) is 0 Å². The van der Waals surface area contributed by atoms with Crippen LogP contribution in [0.2, 0.25) is 0 Å². The smallest absolute Gasteiger partial charge is 0.410 e. The van der Waals surface area contributed by atoms with E-state index in [-0.39, 0.29) is 17.6 Å². The number of carbonyl (C=O) groups is 1. The van der Waals surface area contributed by atoms with E-state index in [0.29, 0.717) is 13.1 Å². The summed E-state index contributed by atoms with van der Waals surface area (Å²) in [5.74, 6) is 2.52. The molecule has 0 radical (unpaired) electrons. The maximum atomic E-state index is 12.1. The van der Waals surface area contributed by atoms with Crippen molar-refractivity contribution < 1.29 is 19.4 Å². The van der Waals surface area contributed by atoms with Gasteiger partial charge in [-0.15, -0.1) is 0 Å². The maximum absolute atomic E-state index is 12.1. The second-order valence-corrected chi connectivity index (χ2v) is 9.50. The molecule has 3 heterocycles. The number of β-amino-alcohol motifs (C(OH)–C–C–N with tert-alkyl or cyclic N) is 1. The number of amides is 1. The van der Waals surface area contributed by atoms with Crippen LogP contribution >= 0.6 is 11.8 Å². The number of ether oxygens (including phenoxy) is 2. The Bertz CT molecular complexity index is 444. The third-order valence-corrected chi connectivity index (χ3v) is 6.22. The van der Waals surface area contributed by atoms with Gasteiger partial charge in [0.2, 0.25) is 0 Å². The number of hydrogen-bond acceptors (Lipinski definition) is 5. The van der Waals surface area contributed by atoms with Crippen molar-refractivity contribution in [1.82, 2.24) is 4.90 Å². The Kier molecular flexibility index (Phi) is 4.62. The zero-order valence-electron chi connectivity index (χ0n) is 14.5. The molecule has 5 nitrogen and oxygen atoms in total. The highest BCUT2D eigenvalue weighted by molar-refractivity contribution is 7.99. The van der Waals surface area contributed by atoms with Gasteiger partial charge in [-0.1, -0.05) is 0 Å². The molecule has 0 aromatic rings. The van der Waals surface area contributed by atoms with Crippen molar-refractivity contribution in [2.24, 2.45) is 5.92 Å². The summed E-state index contributed by atoms with van der Waals surface area (Å²) < 4.78 is 11.5. The van der Waals surface area contributed by atoms with Gasteiger partial charge in [-0.25, -0.2) is 4.79 Å². The van der Waals surface area contributed by atoms with E-state index < -0.39 is 11.2 Å². The minimum atomic E-state index is -0.766. The van der Waals surface area contributed by atoms with Crippen LogP contribution in [0.3, 0.4) is 0 Å². The van der Waals surface area contributed by atoms with E-state index >= 15 is 0 Å². The Morgan fingerprint density at radius 3 is 2.57 bits per heavy atom. The van der Waals surface area contributed by atoms with Crippen molar-refractivity contribution in [2.45, 2.75) is 63.3 Å². The zero-order chi connectivity index (χ0) is 16.7. The van der Waals surface area contributed by atoms with Gasteiger partial charge < -0.3 is 19.5 Å². The summed E-state index contributed by atoms with van der Waals surface area (Å²) in [7, 11) is 0. The number of rotatable bonds is 1. The molecule has 1 spiro atoms. The average Bonchev–Trinajstić information content (AvgIpc) is 2.43. The Morgan fingerprint density at radius 1 is 1.30 bits per heavy atom. The second-order valence-electron chi connectivity index (χ2n) is 8.27. The van der Waals surface area contributed by atoms with Crippen LogP contribution in [-0.2, 0) is 9.47 Å². The fourth-order valence-electron chi connectivity index (χ4n) is 3.91. The largest absolute Gasteiger partial charge is 0.444 e. The lowest BCUT2D eigenvalue weighted by Crippen LogP contribution is -2.68. The Balaban J connectivity index is 1.56. The van der Waals surface area contributed by atoms with Crippen LogP contribution in [0.15, 0.2) is 0 Å². The van der Waals surface area contributed by atoms with Gasteiger partial charge in [-0.3, -0.25) is 0 Å². The topological polar surface area (TPSA) is 59.0 Å². The van der Waals surface area contributed by atoms with Crippen molar-refractivity contribution >= 4 is 17.9 Å². The lowest BCUT2D eigenvalue weighted by Gasteiger charge is -2.54. The van der Waals surface area contributed by atoms with Gasteiger partial charge in [-0.2, -0.15) is 11.8 Å². The van der Waals surface area contributed by atoms with Gasteiger partial charge in [0.25, 0.3) is 0 Å². The van der Waals surface area contributed by atoms with Gasteiger partial charge in [0.05, 0.1) is 18.7 Å². The van der Waals surface area contributed by atoms with Crippen LogP contribution in [0.1, 0.15) is 46.5 Å². The van der Waals surface area contributed by atoms with E-state index in [2.05, 4.69) is 0 Å². The SMILES string of the molecule is CC(C)(C)OC(=O)N1CC(O)(C2CCOC3(CCSCC3)C2)C1. The number of carbonyl (C=O) groups excluding carboxylic acids is 1. The lowest BCUT2D eigenvalue weighted by atomic mass is 9.70. The zero-order valence-corrected chi connectivity index (χ0v) is 15.3. The quantitative estimate of drug-likeness (QED) is 0.793. The van der Waals surface area contributed by atoms with E-state index in [9.17, 15) is 9.90 Å². The molecule has 1 amide bonds. The van der Waals surface area contributed by atoms with Gasteiger partial charge in [-0.05, 0) is 63.9 Å². The van der Waals surface area contributed by atoms with E-state index in [4.69, 9.17) is 9.47 Å². The molecule has 3 rings (SSSR count). The highest BCUT2D eigenvalue weighted by atomic mass is 32.2. The number of nitrogens with zero attached hydrogens (tertiary/aromatic N) is 1. The average molecular weight is 343 g/mol. The van der Waals surface area contributed by atoms with E-state index in [1.807, 2.05) is 32.5 Å².